The minimum Gasteiger partial charge on any atom is -0.346 e. The Morgan fingerprint density at radius 3 is 2.23 bits per heavy atom. The van der Waals surface area contributed by atoms with Gasteiger partial charge in [-0.3, -0.25) is 9.59 Å². The van der Waals surface area contributed by atoms with Gasteiger partial charge in [0.25, 0.3) is 0 Å². The zero-order chi connectivity index (χ0) is 22.4. The van der Waals surface area contributed by atoms with Crippen molar-refractivity contribution >= 4 is 56.2 Å². The number of benzene rings is 2. The van der Waals surface area contributed by atoms with Gasteiger partial charge in [-0.25, -0.2) is 8.42 Å². The molecule has 162 valence electrons. The molecule has 0 spiro atoms. The van der Waals surface area contributed by atoms with Crippen molar-refractivity contribution in [2.75, 3.05) is 6.54 Å². The molecular weight excluding hydrogens is 479 g/mol. The monoisotopic (exact) mass is 496 g/mol. The molecular formula is C21H18Cl2N2O4S2. The topological polar surface area (TPSA) is 92.3 Å². The summed E-state index contributed by atoms with van der Waals surface area (Å²) in [7, 11) is -3.84. The van der Waals surface area contributed by atoms with E-state index in [1.165, 1.54) is 35.6 Å². The summed E-state index contributed by atoms with van der Waals surface area (Å²) in [4.78, 5) is 25.0. The smallest absolute Gasteiger partial charge is 0.309 e. The molecule has 31 heavy (non-hydrogen) atoms. The molecule has 0 aliphatic heterocycles. The van der Waals surface area contributed by atoms with Crippen LogP contribution < -0.4 is 10.6 Å². The van der Waals surface area contributed by atoms with Gasteiger partial charge >= 0.3 is 11.8 Å². The van der Waals surface area contributed by atoms with E-state index in [0.717, 1.165) is 0 Å². The van der Waals surface area contributed by atoms with Crippen LogP contribution >= 0.6 is 34.5 Å². The lowest BCUT2D eigenvalue weighted by Crippen LogP contribution is -2.42. The Kier molecular flexibility index (Phi) is 7.72. The zero-order valence-corrected chi connectivity index (χ0v) is 19.2. The zero-order valence-electron chi connectivity index (χ0n) is 16.0. The maximum Gasteiger partial charge on any atom is 0.309 e. The van der Waals surface area contributed by atoms with Crippen molar-refractivity contribution in [1.29, 1.82) is 0 Å². The van der Waals surface area contributed by atoms with Gasteiger partial charge in [0, 0.05) is 28.0 Å². The predicted molar refractivity (Wildman–Crippen MR) is 122 cm³/mol. The van der Waals surface area contributed by atoms with Gasteiger partial charge in [-0.1, -0.05) is 47.5 Å². The molecule has 1 aromatic heterocycles. The summed E-state index contributed by atoms with van der Waals surface area (Å²) in [5.41, 5.74) is 0.659. The first-order valence-electron chi connectivity index (χ1n) is 9.11. The van der Waals surface area contributed by atoms with Crippen molar-refractivity contribution in [3.05, 3.63) is 86.5 Å². The van der Waals surface area contributed by atoms with E-state index in [4.69, 9.17) is 23.2 Å². The Hall–Kier alpha value is -2.39. The van der Waals surface area contributed by atoms with Gasteiger partial charge in [0.2, 0.25) is 0 Å². The number of carbonyl (C=O) groups excluding carboxylic acids is 2. The minimum absolute atomic E-state index is 0.0728. The molecule has 10 heteroatoms. The number of nitrogens with one attached hydrogen (secondary N) is 2. The summed E-state index contributed by atoms with van der Waals surface area (Å²) in [6.45, 7) is -0.187. The molecule has 1 atom stereocenters. The molecule has 3 aromatic rings. The fourth-order valence-corrected chi connectivity index (χ4v) is 5.90. The van der Waals surface area contributed by atoms with Crippen molar-refractivity contribution in [2.24, 2.45) is 0 Å². The number of amides is 2. The van der Waals surface area contributed by atoms with Crippen LogP contribution in [-0.2, 0) is 26.0 Å². The van der Waals surface area contributed by atoms with E-state index in [1.54, 1.807) is 41.8 Å². The van der Waals surface area contributed by atoms with E-state index in [1.807, 2.05) is 0 Å². The van der Waals surface area contributed by atoms with Gasteiger partial charge in [0.05, 0.1) is 4.90 Å². The third kappa shape index (κ3) is 5.86. The largest absolute Gasteiger partial charge is 0.346 e. The number of thiophene rings is 1. The van der Waals surface area contributed by atoms with E-state index in [2.05, 4.69) is 10.6 Å². The Morgan fingerprint density at radius 2 is 1.58 bits per heavy atom. The van der Waals surface area contributed by atoms with Gasteiger partial charge in [-0.2, -0.15) is 0 Å². The Bertz CT molecular complexity index is 1160. The number of carbonyl (C=O) groups is 2. The highest BCUT2D eigenvalue weighted by Gasteiger charge is 2.31. The summed E-state index contributed by atoms with van der Waals surface area (Å²) in [5, 5.41) is 6.48. The molecule has 2 N–H and O–H groups in total. The van der Waals surface area contributed by atoms with Crippen LogP contribution in [0, 0.1) is 0 Å². The van der Waals surface area contributed by atoms with Crippen LogP contribution in [0.3, 0.4) is 0 Å². The normalized spacial score (nSPS) is 12.2. The van der Waals surface area contributed by atoms with Crippen LogP contribution in [0.4, 0.5) is 0 Å². The highest BCUT2D eigenvalue weighted by Crippen LogP contribution is 2.31. The van der Waals surface area contributed by atoms with Gasteiger partial charge in [-0.15, -0.1) is 11.3 Å². The second-order valence-electron chi connectivity index (χ2n) is 6.49. The number of rotatable bonds is 7. The van der Waals surface area contributed by atoms with Gasteiger partial charge < -0.3 is 10.6 Å². The van der Waals surface area contributed by atoms with Crippen molar-refractivity contribution in [1.82, 2.24) is 10.6 Å². The van der Waals surface area contributed by atoms with E-state index in [-0.39, 0.29) is 18.0 Å². The van der Waals surface area contributed by atoms with E-state index < -0.39 is 26.9 Å². The lowest BCUT2D eigenvalue weighted by Gasteiger charge is -2.17. The number of hydrogen-bond donors (Lipinski definition) is 2. The highest BCUT2D eigenvalue weighted by molar-refractivity contribution is 7.91. The van der Waals surface area contributed by atoms with Crippen LogP contribution in [0.25, 0.3) is 0 Å². The SMILES string of the molecule is O=C(NCc1ccccc1Cl)C(=O)NC[C@@H](c1cccs1)S(=O)(=O)c1ccc(Cl)cc1. The third-order valence-electron chi connectivity index (χ3n) is 4.43. The number of sulfone groups is 1. The predicted octanol–water partition coefficient (Wildman–Crippen LogP) is 4.00. The first-order valence-corrected chi connectivity index (χ1v) is 12.3. The third-order valence-corrected chi connectivity index (χ3v) is 8.28. The van der Waals surface area contributed by atoms with Crippen LogP contribution in [0.5, 0.6) is 0 Å². The molecule has 1 heterocycles. The second-order valence-corrected chi connectivity index (χ2v) is 10.4. The summed E-state index contributed by atoms with van der Waals surface area (Å²) in [6, 6.07) is 16.1. The minimum atomic E-state index is -3.84. The summed E-state index contributed by atoms with van der Waals surface area (Å²) in [5.74, 6) is -1.81. The van der Waals surface area contributed by atoms with Gasteiger partial charge in [0.15, 0.2) is 9.84 Å². The summed E-state index contributed by atoms with van der Waals surface area (Å²) < 4.78 is 26.3. The average Bonchev–Trinajstić information content (AvgIpc) is 3.27. The maximum absolute atomic E-state index is 13.2. The van der Waals surface area contributed by atoms with Crippen molar-refractivity contribution in [3.63, 3.8) is 0 Å². The molecule has 0 aliphatic rings. The van der Waals surface area contributed by atoms with Crippen LogP contribution in [0.1, 0.15) is 15.7 Å². The maximum atomic E-state index is 13.2. The molecule has 0 bridgehead atoms. The quantitative estimate of drug-likeness (QED) is 0.483. The lowest BCUT2D eigenvalue weighted by atomic mass is 10.2. The Morgan fingerprint density at radius 1 is 0.903 bits per heavy atom. The Balaban J connectivity index is 1.69. The molecule has 0 fully saturated rings. The second kappa shape index (κ2) is 10.3. The fourth-order valence-electron chi connectivity index (χ4n) is 2.79. The summed E-state index contributed by atoms with van der Waals surface area (Å²) in [6.07, 6.45) is 0. The van der Waals surface area contributed by atoms with E-state index in [0.29, 0.717) is 20.5 Å². The first kappa shape index (κ1) is 23.3. The number of halogens is 2. The fraction of sp³-hybridized carbons (Fsp3) is 0.143. The van der Waals surface area contributed by atoms with Crippen LogP contribution in [0.15, 0.2) is 70.9 Å². The number of hydrogen-bond acceptors (Lipinski definition) is 5. The molecule has 0 aliphatic carbocycles. The van der Waals surface area contributed by atoms with Crippen molar-refractivity contribution in [2.45, 2.75) is 16.7 Å². The highest BCUT2D eigenvalue weighted by atomic mass is 35.5. The molecule has 0 radical (unpaired) electrons. The molecule has 0 unspecified atom stereocenters. The van der Waals surface area contributed by atoms with E-state index in [9.17, 15) is 18.0 Å². The van der Waals surface area contributed by atoms with Crippen LogP contribution in [0.2, 0.25) is 10.0 Å². The molecule has 3 rings (SSSR count). The molecule has 2 amide bonds. The van der Waals surface area contributed by atoms with Crippen molar-refractivity contribution < 1.29 is 18.0 Å². The average molecular weight is 497 g/mol. The molecule has 0 saturated carbocycles. The first-order chi connectivity index (χ1) is 14.8. The standard InChI is InChI=1S/C21H18Cl2N2O4S2/c22-15-7-9-16(10-8-15)31(28,29)19(18-6-3-11-30-18)13-25-21(27)20(26)24-12-14-4-1-2-5-17(14)23/h1-11,19H,12-13H2,(H,24,26)(H,25,27)/t19-/m0/s1. The van der Waals surface area contributed by atoms with E-state index >= 15 is 0 Å². The van der Waals surface area contributed by atoms with Crippen LogP contribution in [-0.4, -0.2) is 26.8 Å². The van der Waals surface area contributed by atoms with Crippen molar-refractivity contribution in [3.8, 4) is 0 Å². The molecule has 0 saturated heterocycles. The van der Waals surface area contributed by atoms with Gasteiger partial charge in [-0.05, 0) is 47.3 Å². The lowest BCUT2D eigenvalue weighted by molar-refractivity contribution is -0.139. The Labute approximate surface area is 194 Å². The van der Waals surface area contributed by atoms with Gasteiger partial charge in [0.1, 0.15) is 5.25 Å². The molecule has 6 nitrogen and oxygen atoms in total. The molecule has 2 aromatic carbocycles. The summed E-state index contributed by atoms with van der Waals surface area (Å²) >= 11 is 13.2.